The number of para-hydroxylation sites is 1. The van der Waals surface area contributed by atoms with Crippen LogP contribution in [0.5, 0.6) is 0 Å². The molecule has 0 aliphatic rings. The maximum Gasteiger partial charge on any atom is 0.115 e. The van der Waals surface area contributed by atoms with Gasteiger partial charge in [0.2, 0.25) is 0 Å². The van der Waals surface area contributed by atoms with Crippen molar-refractivity contribution in [2.75, 3.05) is 5.32 Å². The summed E-state index contributed by atoms with van der Waals surface area (Å²) in [5.41, 5.74) is 1.78. The molecule has 0 bridgehead atoms. The smallest absolute Gasteiger partial charge is 0.115 e. The lowest BCUT2D eigenvalue weighted by atomic mass is 10.2. The molecule has 0 aliphatic heterocycles. The summed E-state index contributed by atoms with van der Waals surface area (Å²) >= 11 is 7.94. The third-order valence-electron chi connectivity index (χ3n) is 2.91. The van der Waals surface area contributed by atoms with Crippen LogP contribution in [0.25, 0.3) is 5.69 Å². The second-order valence-corrected chi connectivity index (χ2v) is 5.66. The van der Waals surface area contributed by atoms with Crippen molar-refractivity contribution in [1.82, 2.24) is 14.8 Å². The zero-order valence-electron chi connectivity index (χ0n) is 10.8. The Morgan fingerprint density at radius 3 is 2.90 bits per heavy atom. The van der Waals surface area contributed by atoms with Gasteiger partial charge < -0.3 is 5.32 Å². The summed E-state index contributed by atoms with van der Waals surface area (Å²) in [5, 5.41) is 11.4. The summed E-state index contributed by atoms with van der Waals surface area (Å²) in [6, 6.07) is 7.76. The molecule has 0 radical (unpaired) electrons. The molecule has 2 aromatic heterocycles. The minimum absolute atomic E-state index is 0.114. The van der Waals surface area contributed by atoms with Crippen LogP contribution in [-0.2, 0) is 0 Å². The van der Waals surface area contributed by atoms with E-state index in [0.717, 1.165) is 16.4 Å². The second-order valence-electron chi connectivity index (χ2n) is 4.32. The highest BCUT2D eigenvalue weighted by Crippen LogP contribution is 2.31. The quantitative estimate of drug-likeness (QED) is 0.787. The molecule has 3 aromatic rings. The molecule has 20 heavy (non-hydrogen) atoms. The minimum Gasteiger partial charge on any atom is -0.374 e. The van der Waals surface area contributed by atoms with Gasteiger partial charge in [0, 0.05) is 24.0 Å². The van der Waals surface area contributed by atoms with Gasteiger partial charge in [0.05, 0.1) is 16.8 Å². The molecule has 3 rings (SSSR count). The Bertz CT molecular complexity index is 679. The predicted molar refractivity (Wildman–Crippen MR) is 82.7 cm³/mol. The first kappa shape index (κ1) is 13.1. The Hall–Kier alpha value is -1.85. The van der Waals surface area contributed by atoms with Gasteiger partial charge in [-0.05, 0) is 25.1 Å². The molecule has 1 N–H and O–H groups in total. The van der Waals surface area contributed by atoms with Crippen LogP contribution in [0.15, 0.2) is 48.2 Å². The fraction of sp³-hybridized carbons (Fsp3) is 0.143. The topological polar surface area (TPSA) is 42.7 Å². The van der Waals surface area contributed by atoms with E-state index in [2.05, 4.69) is 22.3 Å². The molecule has 102 valence electrons. The lowest BCUT2D eigenvalue weighted by molar-refractivity contribution is 0.846. The number of nitrogens with zero attached hydrogens (tertiary/aromatic N) is 3. The number of halogens is 1. The number of rotatable bonds is 4. The second kappa shape index (κ2) is 5.64. The van der Waals surface area contributed by atoms with Gasteiger partial charge in [-0.2, -0.15) is 5.10 Å². The molecule has 0 amide bonds. The number of hydrogen-bond donors (Lipinski definition) is 1. The van der Waals surface area contributed by atoms with E-state index in [1.54, 1.807) is 22.2 Å². The maximum atomic E-state index is 6.32. The highest BCUT2D eigenvalue weighted by atomic mass is 35.5. The molecule has 4 nitrogen and oxygen atoms in total. The average Bonchev–Trinajstić information content (AvgIpc) is 3.12. The minimum atomic E-state index is 0.114. The lowest BCUT2D eigenvalue weighted by Crippen LogP contribution is -2.09. The number of thiazole rings is 1. The zero-order valence-corrected chi connectivity index (χ0v) is 12.4. The summed E-state index contributed by atoms with van der Waals surface area (Å²) in [6.45, 7) is 2.08. The van der Waals surface area contributed by atoms with Gasteiger partial charge in [-0.25, -0.2) is 9.67 Å². The molecular formula is C14H13ClN4S. The molecule has 0 spiro atoms. The third-order valence-corrected chi connectivity index (χ3v) is 4.18. The van der Waals surface area contributed by atoms with Gasteiger partial charge in [-0.3, -0.25) is 0 Å². The summed E-state index contributed by atoms with van der Waals surface area (Å²) < 4.78 is 1.76. The van der Waals surface area contributed by atoms with E-state index in [1.165, 1.54) is 0 Å². The van der Waals surface area contributed by atoms with Crippen molar-refractivity contribution < 1.29 is 0 Å². The van der Waals surface area contributed by atoms with Crippen LogP contribution in [0, 0.1) is 0 Å². The van der Waals surface area contributed by atoms with Crippen molar-refractivity contribution in [2.45, 2.75) is 13.0 Å². The number of anilines is 1. The molecule has 0 saturated heterocycles. The van der Waals surface area contributed by atoms with Crippen molar-refractivity contribution >= 4 is 28.6 Å². The molecule has 1 atom stereocenters. The summed E-state index contributed by atoms with van der Waals surface area (Å²) in [6.07, 6.45) is 5.42. The average molecular weight is 305 g/mol. The largest absolute Gasteiger partial charge is 0.374 e. The van der Waals surface area contributed by atoms with E-state index in [4.69, 9.17) is 11.6 Å². The number of benzene rings is 1. The van der Waals surface area contributed by atoms with Crippen molar-refractivity contribution in [3.05, 3.63) is 58.3 Å². The highest BCUT2D eigenvalue weighted by Gasteiger charge is 2.13. The van der Waals surface area contributed by atoms with Crippen LogP contribution in [0.1, 0.15) is 18.0 Å². The number of aromatic nitrogens is 3. The first-order valence-corrected chi connectivity index (χ1v) is 7.46. The maximum absolute atomic E-state index is 6.32. The van der Waals surface area contributed by atoms with Crippen LogP contribution < -0.4 is 5.32 Å². The first-order valence-electron chi connectivity index (χ1n) is 6.20. The van der Waals surface area contributed by atoms with Crippen molar-refractivity contribution in [1.29, 1.82) is 0 Å². The Morgan fingerprint density at radius 1 is 1.30 bits per heavy atom. The first-order chi connectivity index (χ1) is 9.75. The van der Waals surface area contributed by atoms with Crippen molar-refractivity contribution in [2.24, 2.45) is 0 Å². The summed E-state index contributed by atoms with van der Waals surface area (Å²) in [4.78, 5) is 4.33. The lowest BCUT2D eigenvalue weighted by Gasteiger charge is -2.17. The van der Waals surface area contributed by atoms with Gasteiger partial charge >= 0.3 is 0 Å². The van der Waals surface area contributed by atoms with E-state index in [9.17, 15) is 0 Å². The zero-order chi connectivity index (χ0) is 13.9. The molecule has 0 fully saturated rings. The molecule has 6 heteroatoms. The van der Waals surface area contributed by atoms with Gasteiger partial charge in [-0.1, -0.05) is 17.7 Å². The fourth-order valence-electron chi connectivity index (χ4n) is 2.01. The molecule has 1 aromatic carbocycles. The van der Waals surface area contributed by atoms with Gasteiger partial charge in [0.25, 0.3) is 0 Å². The van der Waals surface area contributed by atoms with E-state index < -0.39 is 0 Å². The van der Waals surface area contributed by atoms with Crippen LogP contribution in [-0.4, -0.2) is 14.8 Å². The van der Waals surface area contributed by atoms with E-state index >= 15 is 0 Å². The summed E-state index contributed by atoms with van der Waals surface area (Å²) in [5.74, 6) is 0. The molecule has 1 unspecified atom stereocenters. The van der Waals surface area contributed by atoms with E-state index in [0.29, 0.717) is 5.02 Å². The van der Waals surface area contributed by atoms with E-state index in [-0.39, 0.29) is 6.04 Å². The standard InChI is InChI=1S/C14H13ClN4S/c1-10(14-16-7-9-20-14)18-12-5-2-4-11(15)13(12)19-8-3-6-17-19/h2-10,18H,1H3. The van der Waals surface area contributed by atoms with Crippen LogP contribution >= 0.6 is 22.9 Å². The van der Waals surface area contributed by atoms with Gasteiger partial charge in [-0.15, -0.1) is 11.3 Å². The van der Waals surface area contributed by atoms with Crippen LogP contribution in [0.2, 0.25) is 5.02 Å². The molecule has 0 aliphatic carbocycles. The Balaban J connectivity index is 1.96. The van der Waals surface area contributed by atoms with Gasteiger partial charge in [0.15, 0.2) is 0 Å². The molecule has 2 heterocycles. The SMILES string of the molecule is CC(Nc1cccc(Cl)c1-n1cccn1)c1nccs1. The number of nitrogens with one attached hydrogen (secondary N) is 1. The molecule has 0 saturated carbocycles. The normalized spacial score (nSPS) is 12.3. The summed E-state index contributed by atoms with van der Waals surface area (Å²) in [7, 11) is 0. The van der Waals surface area contributed by atoms with Crippen LogP contribution in [0.3, 0.4) is 0 Å². The Labute approximate surface area is 126 Å². The van der Waals surface area contributed by atoms with Gasteiger partial charge in [0.1, 0.15) is 10.7 Å². The van der Waals surface area contributed by atoms with Crippen molar-refractivity contribution in [3.63, 3.8) is 0 Å². The predicted octanol–water partition coefficient (Wildman–Crippen LogP) is 4.16. The molecular weight excluding hydrogens is 292 g/mol. The monoisotopic (exact) mass is 304 g/mol. The number of hydrogen-bond acceptors (Lipinski definition) is 4. The fourth-order valence-corrected chi connectivity index (χ4v) is 2.92. The third kappa shape index (κ3) is 2.55. The Kier molecular flexibility index (Phi) is 3.71. The van der Waals surface area contributed by atoms with E-state index in [1.807, 2.05) is 42.0 Å². The van der Waals surface area contributed by atoms with Crippen molar-refractivity contribution in [3.8, 4) is 5.69 Å². The Morgan fingerprint density at radius 2 is 2.20 bits per heavy atom. The van der Waals surface area contributed by atoms with Crippen LogP contribution in [0.4, 0.5) is 5.69 Å². The highest BCUT2D eigenvalue weighted by molar-refractivity contribution is 7.09.